The van der Waals surface area contributed by atoms with Crippen LogP contribution in [0.3, 0.4) is 0 Å². The van der Waals surface area contributed by atoms with E-state index in [2.05, 4.69) is 17.4 Å². The predicted molar refractivity (Wildman–Crippen MR) is 92.1 cm³/mol. The third-order valence-electron chi connectivity index (χ3n) is 4.25. The number of carbonyl (C=O) groups excluding carboxylic acids is 1. The molecule has 1 atom stereocenters. The maximum absolute atomic E-state index is 13.7. The van der Waals surface area contributed by atoms with Crippen molar-refractivity contribution in [2.24, 2.45) is 0 Å². The number of nitrogens with one attached hydrogen (secondary N) is 1. The van der Waals surface area contributed by atoms with Crippen molar-refractivity contribution < 1.29 is 13.6 Å². The van der Waals surface area contributed by atoms with Crippen LogP contribution in [-0.4, -0.2) is 11.7 Å². The van der Waals surface area contributed by atoms with Gasteiger partial charge in [-0.05, 0) is 55.5 Å². The first-order chi connectivity index (χ1) is 11.5. The minimum atomic E-state index is -0.644. The third-order valence-corrected chi connectivity index (χ3v) is 5.24. The maximum Gasteiger partial charge on any atom is 0.230 e. The summed E-state index contributed by atoms with van der Waals surface area (Å²) in [5.41, 5.74) is 3.07. The van der Waals surface area contributed by atoms with Crippen LogP contribution in [-0.2, 0) is 17.6 Å². The quantitative estimate of drug-likeness (QED) is 0.811. The Labute approximate surface area is 144 Å². The van der Waals surface area contributed by atoms with E-state index >= 15 is 0 Å². The van der Waals surface area contributed by atoms with Gasteiger partial charge in [-0.3, -0.25) is 4.79 Å². The third kappa shape index (κ3) is 3.96. The molecule has 1 amide bonds. The lowest BCUT2D eigenvalue weighted by Crippen LogP contribution is -2.28. The fraction of sp³-hybridized carbons (Fsp3) is 0.316. The lowest BCUT2D eigenvalue weighted by atomic mass is 10.1. The van der Waals surface area contributed by atoms with Crippen molar-refractivity contribution in [3.8, 4) is 0 Å². The summed E-state index contributed by atoms with van der Waals surface area (Å²) in [6.45, 7) is 1.69. The van der Waals surface area contributed by atoms with E-state index in [4.69, 9.17) is 0 Å². The van der Waals surface area contributed by atoms with Gasteiger partial charge in [-0.25, -0.2) is 8.78 Å². The van der Waals surface area contributed by atoms with Gasteiger partial charge in [-0.15, -0.1) is 11.8 Å². The summed E-state index contributed by atoms with van der Waals surface area (Å²) in [5, 5.41) is 2.76. The Morgan fingerprint density at radius 1 is 1.17 bits per heavy atom. The van der Waals surface area contributed by atoms with Crippen LogP contribution in [0.5, 0.6) is 0 Å². The Hall–Kier alpha value is -1.88. The van der Waals surface area contributed by atoms with Crippen LogP contribution in [0.1, 0.15) is 36.1 Å². The van der Waals surface area contributed by atoms with Gasteiger partial charge in [0.05, 0.1) is 11.8 Å². The predicted octanol–water partition coefficient (Wildman–Crippen LogP) is 4.42. The highest BCUT2D eigenvalue weighted by Crippen LogP contribution is 2.27. The van der Waals surface area contributed by atoms with Gasteiger partial charge in [0.1, 0.15) is 11.6 Å². The van der Waals surface area contributed by atoms with Crippen LogP contribution >= 0.6 is 11.8 Å². The Morgan fingerprint density at radius 3 is 2.75 bits per heavy atom. The van der Waals surface area contributed by atoms with Gasteiger partial charge in [0.15, 0.2) is 0 Å². The van der Waals surface area contributed by atoms with Crippen LogP contribution in [0.25, 0.3) is 0 Å². The first-order valence-electron chi connectivity index (χ1n) is 8.02. The second kappa shape index (κ2) is 7.34. The van der Waals surface area contributed by atoms with E-state index in [0.717, 1.165) is 23.8 Å². The summed E-state index contributed by atoms with van der Waals surface area (Å²) in [5.74, 6) is -1.17. The van der Waals surface area contributed by atoms with Crippen LogP contribution < -0.4 is 5.32 Å². The van der Waals surface area contributed by atoms with E-state index in [9.17, 15) is 13.6 Å². The average molecular weight is 347 g/mol. The number of amides is 1. The average Bonchev–Trinajstić information content (AvgIpc) is 3.00. The van der Waals surface area contributed by atoms with Crippen molar-refractivity contribution in [1.29, 1.82) is 0 Å². The van der Waals surface area contributed by atoms with Gasteiger partial charge in [0.2, 0.25) is 5.91 Å². The molecule has 0 radical (unpaired) electrons. The second-order valence-corrected chi connectivity index (χ2v) is 7.08. The number of thioether (sulfide) groups is 1. The molecule has 1 aliphatic carbocycles. The summed E-state index contributed by atoms with van der Waals surface area (Å²) in [6.07, 6.45) is 3.45. The number of hydrogen-bond donors (Lipinski definition) is 1. The molecule has 24 heavy (non-hydrogen) atoms. The van der Waals surface area contributed by atoms with Crippen molar-refractivity contribution >= 4 is 17.7 Å². The smallest absolute Gasteiger partial charge is 0.230 e. The van der Waals surface area contributed by atoms with Gasteiger partial charge < -0.3 is 5.32 Å². The van der Waals surface area contributed by atoms with Crippen molar-refractivity contribution in [3.63, 3.8) is 0 Å². The Bertz CT molecular complexity index is 763. The molecule has 0 aromatic heterocycles. The minimum absolute atomic E-state index is 0.170. The van der Waals surface area contributed by atoms with E-state index < -0.39 is 17.7 Å². The molecule has 5 heteroatoms. The SMILES string of the molecule is CC(NC(=O)CSc1ccc2c(c1)CCC2)c1ccc(F)cc1F. The number of hydrogen-bond acceptors (Lipinski definition) is 2. The van der Waals surface area contributed by atoms with Crippen LogP contribution in [0, 0.1) is 11.6 Å². The summed E-state index contributed by atoms with van der Waals surface area (Å²) in [6, 6.07) is 9.23. The fourth-order valence-corrected chi connectivity index (χ4v) is 3.77. The lowest BCUT2D eigenvalue weighted by Gasteiger charge is -2.15. The molecule has 0 heterocycles. The van der Waals surface area contributed by atoms with Crippen LogP contribution in [0.15, 0.2) is 41.3 Å². The molecule has 0 saturated heterocycles. The van der Waals surface area contributed by atoms with Gasteiger partial charge >= 0.3 is 0 Å². The molecule has 0 aliphatic heterocycles. The highest BCUT2D eigenvalue weighted by Gasteiger charge is 2.15. The van der Waals surface area contributed by atoms with Crippen LogP contribution in [0.2, 0.25) is 0 Å². The number of carbonyl (C=O) groups is 1. The van der Waals surface area contributed by atoms with Gasteiger partial charge in [-0.2, -0.15) is 0 Å². The lowest BCUT2D eigenvalue weighted by molar-refractivity contribution is -0.119. The van der Waals surface area contributed by atoms with E-state index in [-0.39, 0.29) is 17.2 Å². The van der Waals surface area contributed by atoms with E-state index in [0.29, 0.717) is 0 Å². The zero-order valence-corrected chi connectivity index (χ0v) is 14.3. The Morgan fingerprint density at radius 2 is 1.96 bits per heavy atom. The molecule has 2 nitrogen and oxygen atoms in total. The number of rotatable bonds is 5. The summed E-state index contributed by atoms with van der Waals surface area (Å²) in [4.78, 5) is 13.2. The monoisotopic (exact) mass is 347 g/mol. The second-order valence-electron chi connectivity index (χ2n) is 6.03. The Balaban J connectivity index is 1.55. The molecular weight excluding hydrogens is 328 g/mol. The van der Waals surface area contributed by atoms with Crippen molar-refractivity contribution in [2.45, 2.75) is 37.1 Å². The minimum Gasteiger partial charge on any atom is -0.349 e. The summed E-state index contributed by atoms with van der Waals surface area (Å²) >= 11 is 1.47. The number of fused-ring (bicyclic) bond motifs is 1. The first-order valence-corrected chi connectivity index (χ1v) is 9.00. The molecule has 0 fully saturated rings. The van der Waals surface area contributed by atoms with Gasteiger partial charge in [-0.1, -0.05) is 12.1 Å². The molecule has 0 spiro atoms. The molecule has 1 unspecified atom stereocenters. The summed E-state index contributed by atoms with van der Waals surface area (Å²) in [7, 11) is 0. The van der Waals surface area contributed by atoms with Crippen LogP contribution in [0.4, 0.5) is 8.78 Å². The molecule has 0 saturated carbocycles. The van der Waals surface area contributed by atoms with Crippen molar-refractivity contribution in [1.82, 2.24) is 5.32 Å². The topological polar surface area (TPSA) is 29.1 Å². The summed E-state index contributed by atoms with van der Waals surface area (Å²) < 4.78 is 26.7. The number of halogens is 2. The van der Waals surface area contributed by atoms with Crippen molar-refractivity contribution in [2.75, 3.05) is 5.75 Å². The van der Waals surface area contributed by atoms with Gasteiger partial charge in [0, 0.05) is 16.5 Å². The fourth-order valence-electron chi connectivity index (χ4n) is 3.00. The molecule has 1 N–H and O–H groups in total. The normalized spacial score (nSPS) is 14.3. The molecule has 0 bridgehead atoms. The molecule has 2 aromatic carbocycles. The highest BCUT2D eigenvalue weighted by molar-refractivity contribution is 8.00. The molecule has 3 rings (SSSR count). The number of aryl methyl sites for hydroxylation is 2. The van der Waals surface area contributed by atoms with Gasteiger partial charge in [0.25, 0.3) is 0 Å². The molecule has 126 valence electrons. The molecule has 2 aromatic rings. The first kappa shape index (κ1) is 17.0. The Kier molecular flexibility index (Phi) is 5.19. The largest absolute Gasteiger partial charge is 0.349 e. The molecular formula is C19H19F2NOS. The zero-order chi connectivity index (χ0) is 17.1. The van der Waals surface area contributed by atoms with E-state index in [1.165, 1.54) is 41.4 Å². The number of benzene rings is 2. The molecule has 1 aliphatic rings. The zero-order valence-electron chi connectivity index (χ0n) is 13.4. The van der Waals surface area contributed by atoms with E-state index in [1.807, 2.05) is 6.07 Å². The van der Waals surface area contributed by atoms with E-state index in [1.54, 1.807) is 6.92 Å². The maximum atomic E-state index is 13.7. The van der Waals surface area contributed by atoms with Crippen molar-refractivity contribution in [3.05, 3.63) is 64.7 Å². The highest BCUT2D eigenvalue weighted by atomic mass is 32.2. The standard InChI is InChI=1S/C19H19F2NOS/c1-12(17-8-6-15(20)10-18(17)21)22-19(23)11-24-16-7-5-13-3-2-4-14(13)9-16/h5-10,12H,2-4,11H2,1H3,(H,22,23).